The number of halogens is 2. The molecule has 2 aromatic carbocycles. The van der Waals surface area contributed by atoms with E-state index in [4.69, 9.17) is 21.1 Å². The highest BCUT2D eigenvalue weighted by Gasteiger charge is 2.40. The molecule has 204 valence electrons. The molecule has 0 radical (unpaired) electrons. The van der Waals surface area contributed by atoms with Crippen LogP contribution in [0.5, 0.6) is 0 Å². The van der Waals surface area contributed by atoms with Crippen molar-refractivity contribution in [1.29, 1.82) is 0 Å². The monoisotopic (exact) mass is 571 g/mol. The predicted molar refractivity (Wildman–Crippen MR) is 146 cm³/mol. The predicted octanol–water partition coefficient (Wildman–Crippen LogP) is 5.18. The van der Waals surface area contributed by atoms with Crippen LogP contribution in [0.25, 0.3) is 22.2 Å². The Hall–Kier alpha value is -3.28. The van der Waals surface area contributed by atoms with Crippen LogP contribution < -0.4 is 4.90 Å². The number of carbonyl (C=O) groups is 1. The number of aromatic nitrogens is 3. The van der Waals surface area contributed by atoms with Crippen LogP contribution >= 0.6 is 11.6 Å². The molecule has 1 amide bonds. The first-order valence-electron chi connectivity index (χ1n) is 12.7. The molecule has 12 heteroatoms. The van der Waals surface area contributed by atoms with E-state index in [1.54, 1.807) is 11.0 Å². The van der Waals surface area contributed by atoms with Gasteiger partial charge in [-0.25, -0.2) is 22.1 Å². The molecule has 2 saturated heterocycles. The molecule has 4 aromatic rings. The van der Waals surface area contributed by atoms with Gasteiger partial charge >= 0.3 is 0 Å². The molecule has 0 bridgehead atoms. The van der Waals surface area contributed by atoms with Crippen LogP contribution in [0.2, 0.25) is 5.02 Å². The second-order valence-electron chi connectivity index (χ2n) is 10.3. The Labute approximate surface area is 230 Å². The molecule has 2 aliphatic heterocycles. The zero-order valence-corrected chi connectivity index (χ0v) is 23.3. The Bertz CT molecular complexity index is 1690. The minimum atomic E-state index is -3.37. The smallest absolute Gasteiger partial charge is 0.227 e. The topological polar surface area (TPSA) is 102 Å². The minimum Gasteiger partial charge on any atom is -0.361 e. The van der Waals surface area contributed by atoms with Crippen LogP contribution in [0.4, 0.5) is 10.1 Å². The lowest BCUT2D eigenvalue weighted by Crippen LogP contribution is -2.31. The first kappa shape index (κ1) is 26.0. The van der Waals surface area contributed by atoms with Gasteiger partial charge < -0.3 is 14.0 Å². The summed E-state index contributed by atoms with van der Waals surface area (Å²) >= 11 is 6.15. The number of benzene rings is 2. The highest BCUT2D eigenvalue weighted by molar-refractivity contribution is 7.88. The average Bonchev–Trinajstić information content (AvgIpc) is 3.62. The van der Waals surface area contributed by atoms with Gasteiger partial charge in [0.05, 0.1) is 35.1 Å². The van der Waals surface area contributed by atoms with E-state index in [0.717, 1.165) is 22.3 Å². The molecule has 0 saturated carbocycles. The van der Waals surface area contributed by atoms with Crippen molar-refractivity contribution < 1.29 is 22.1 Å². The third kappa shape index (κ3) is 4.52. The van der Waals surface area contributed by atoms with E-state index in [1.807, 2.05) is 32.0 Å². The van der Waals surface area contributed by atoms with Gasteiger partial charge in [0.2, 0.25) is 15.9 Å². The molecule has 0 N–H and O–H groups in total. The lowest BCUT2D eigenvalue weighted by Gasteiger charge is -2.27. The number of imidazole rings is 1. The zero-order chi connectivity index (χ0) is 27.6. The highest BCUT2D eigenvalue weighted by atomic mass is 35.5. The number of sulfonamides is 1. The Morgan fingerprint density at radius 2 is 1.92 bits per heavy atom. The first-order chi connectivity index (χ1) is 18.5. The average molecular weight is 572 g/mol. The summed E-state index contributed by atoms with van der Waals surface area (Å²) < 4.78 is 47.9. The summed E-state index contributed by atoms with van der Waals surface area (Å²) in [6.07, 6.45) is 2.56. The largest absolute Gasteiger partial charge is 0.361 e. The van der Waals surface area contributed by atoms with Crippen molar-refractivity contribution >= 4 is 44.3 Å². The van der Waals surface area contributed by atoms with E-state index in [0.29, 0.717) is 48.7 Å². The normalized spacial score (nSPS) is 20.5. The van der Waals surface area contributed by atoms with Gasteiger partial charge in [-0.1, -0.05) is 22.8 Å². The summed E-state index contributed by atoms with van der Waals surface area (Å²) in [4.78, 5) is 19.7. The molecule has 2 aromatic heterocycles. The fraction of sp³-hybridized carbons (Fsp3) is 0.370. The number of nitrogens with zero attached hydrogens (tertiary/aromatic N) is 5. The van der Waals surface area contributed by atoms with Crippen molar-refractivity contribution in [2.75, 3.05) is 24.2 Å². The van der Waals surface area contributed by atoms with Crippen molar-refractivity contribution in [1.82, 2.24) is 19.0 Å². The van der Waals surface area contributed by atoms with Crippen LogP contribution in [0.15, 0.2) is 40.9 Å². The zero-order valence-electron chi connectivity index (χ0n) is 21.7. The fourth-order valence-electron chi connectivity index (χ4n) is 5.94. The van der Waals surface area contributed by atoms with Gasteiger partial charge in [0, 0.05) is 35.8 Å². The maximum absolute atomic E-state index is 14.3. The Morgan fingerprint density at radius 3 is 2.59 bits per heavy atom. The molecule has 2 fully saturated rings. The summed E-state index contributed by atoms with van der Waals surface area (Å²) in [5.74, 6) is 0.642. The van der Waals surface area contributed by atoms with Crippen LogP contribution in [0, 0.1) is 19.7 Å². The minimum absolute atomic E-state index is 0.152. The number of hydrogen-bond donors (Lipinski definition) is 0. The second-order valence-corrected chi connectivity index (χ2v) is 12.7. The molecular formula is C27H27ClFN5O4S. The number of anilines is 1. The molecule has 0 spiro atoms. The lowest BCUT2D eigenvalue weighted by molar-refractivity contribution is -0.117. The van der Waals surface area contributed by atoms with Gasteiger partial charge in [-0.05, 0) is 62.6 Å². The van der Waals surface area contributed by atoms with Crippen molar-refractivity contribution in [2.45, 2.75) is 45.2 Å². The van der Waals surface area contributed by atoms with Crippen molar-refractivity contribution in [3.8, 4) is 11.1 Å². The van der Waals surface area contributed by atoms with Gasteiger partial charge in [-0.15, -0.1) is 0 Å². The molecule has 0 unspecified atom stereocenters. The summed E-state index contributed by atoms with van der Waals surface area (Å²) in [5.41, 5.74) is 4.46. The summed E-state index contributed by atoms with van der Waals surface area (Å²) in [6, 6.07) is 9.32. The summed E-state index contributed by atoms with van der Waals surface area (Å²) in [7, 11) is -3.37. The second kappa shape index (κ2) is 9.42. The number of amides is 1. The summed E-state index contributed by atoms with van der Waals surface area (Å²) in [6.45, 7) is 4.43. The number of rotatable bonds is 5. The van der Waals surface area contributed by atoms with Crippen LogP contribution in [0.1, 0.15) is 48.6 Å². The van der Waals surface area contributed by atoms with Gasteiger partial charge in [0.1, 0.15) is 17.4 Å². The number of fused-ring (bicyclic) bond motifs is 1. The molecule has 6 rings (SSSR count). The van der Waals surface area contributed by atoms with E-state index in [2.05, 4.69) is 9.72 Å². The van der Waals surface area contributed by atoms with E-state index >= 15 is 0 Å². The molecule has 4 heterocycles. The standard InChI is InChI=1S/C27H27ClFN5O4S/c1-15-26(16(2)38-31-15)17-4-5-23-22(10-17)30-27(34(23)20-8-9-32(14-20)39(3,36)37)24-6-7-25(35)33(24)21-12-18(28)11-19(29)13-21/h4-5,10-13,20,24H,6-9,14H2,1-3H3/t20-,24-/m1/s1. The van der Waals surface area contributed by atoms with E-state index in [-0.39, 0.29) is 23.4 Å². The quantitative estimate of drug-likeness (QED) is 0.327. The van der Waals surface area contributed by atoms with Gasteiger partial charge in [0.25, 0.3) is 0 Å². The Kier molecular flexibility index (Phi) is 6.28. The van der Waals surface area contributed by atoms with Crippen molar-refractivity contribution in [2.24, 2.45) is 0 Å². The van der Waals surface area contributed by atoms with Gasteiger partial charge in [-0.3, -0.25) is 4.79 Å². The Morgan fingerprint density at radius 1 is 1.13 bits per heavy atom. The van der Waals surface area contributed by atoms with Crippen LogP contribution in [-0.2, 0) is 14.8 Å². The molecule has 0 aliphatic carbocycles. The van der Waals surface area contributed by atoms with Crippen LogP contribution in [0.3, 0.4) is 0 Å². The van der Waals surface area contributed by atoms with Crippen LogP contribution in [-0.4, -0.2) is 52.7 Å². The van der Waals surface area contributed by atoms with E-state index < -0.39 is 21.9 Å². The molecule has 39 heavy (non-hydrogen) atoms. The Balaban J connectivity index is 1.52. The maximum Gasteiger partial charge on any atom is 0.227 e. The van der Waals surface area contributed by atoms with E-state index in [1.165, 1.54) is 22.7 Å². The van der Waals surface area contributed by atoms with Gasteiger partial charge in [0.15, 0.2) is 0 Å². The molecule has 2 aliphatic rings. The SMILES string of the molecule is Cc1noc(C)c1-c1ccc2c(c1)nc([C@H]1CCC(=O)N1c1cc(F)cc(Cl)c1)n2[C@@H]1CCN(S(C)(=O)=O)C1. The van der Waals surface area contributed by atoms with E-state index in [9.17, 15) is 17.6 Å². The van der Waals surface area contributed by atoms with Gasteiger partial charge in [-0.2, -0.15) is 0 Å². The molecule has 9 nitrogen and oxygen atoms in total. The maximum atomic E-state index is 14.3. The van der Waals surface area contributed by atoms with Crippen molar-refractivity contribution in [3.63, 3.8) is 0 Å². The third-order valence-electron chi connectivity index (χ3n) is 7.63. The lowest BCUT2D eigenvalue weighted by atomic mass is 10.0. The number of hydrogen-bond acceptors (Lipinski definition) is 6. The highest BCUT2D eigenvalue weighted by Crippen LogP contribution is 2.42. The first-order valence-corrected chi connectivity index (χ1v) is 14.9. The van der Waals surface area contributed by atoms with Crippen molar-refractivity contribution in [3.05, 3.63) is 64.5 Å². The summed E-state index contributed by atoms with van der Waals surface area (Å²) in [5, 5.41) is 4.27. The fourth-order valence-corrected chi connectivity index (χ4v) is 7.04. The molecular weight excluding hydrogens is 545 g/mol. The third-order valence-corrected chi connectivity index (χ3v) is 9.12. The number of aryl methyl sites for hydroxylation is 2. The number of carbonyl (C=O) groups excluding carboxylic acids is 1. The molecule has 2 atom stereocenters.